The number of pyridine rings is 1. The molecule has 2 aromatic carbocycles. The van der Waals surface area contributed by atoms with Gasteiger partial charge in [-0.2, -0.15) is 0 Å². The highest BCUT2D eigenvalue weighted by atomic mass is 35.5. The second kappa shape index (κ2) is 7.45. The number of aromatic nitrogens is 1. The largest absolute Gasteiger partial charge is 0.353 e. The normalized spacial score (nSPS) is 10.5. The molecule has 26 heavy (non-hydrogen) atoms. The Morgan fingerprint density at radius 3 is 2.50 bits per heavy atom. The number of benzene rings is 2. The van der Waals surface area contributed by atoms with Crippen LogP contribution < -0.4 is 10.6 Å². The number of hydrogen-bond donors (Lipinski definition) is 2. The highest BCUT2D eigenvalue weighted by molar-refractivity contribution is 6.33. The highest BCUT2D eigenvalue weighted by Gasteiger charge is 2.15. The topological polar surface area (TPSA) is 54.0 Å². The van der Waals surface area contributed by atoms with Crippen LogP contribution in [0.2, 0.25) is 5.02 Å². The van der Waals surface area contributed by atoms with Gasteiger partial charge in [-0.3, -0.25) is 9.78 Å². The molecule has 0 bridgehead atoms. The van der Waals surface area contributed by atoms with Crippen LogP contribution in [-0.4, -0.2) is 10.9 Å². The van der Waals surface area contributed by atoms with Crippen molar-refractivity contribution in [1.29, 1.82) is 0 Å². The molecule has 0 aliphatic heterocycles. The number of amides is 1. The van der Waals surface area contributed by atoms with Crippen LogP contribution >= 0.6 is 11.6 Å². The van der Waals surface area contributed by atoms with Crippen molar-refractivity contribution in [2.75, 3.05) is 10.6 Å². The summed E-state index contributed by atoms with van der Waals surface area (Å²) in [5.74, 6) is -4.76. The monoisotopic (exact) mass is 377 g/mol. The number of carbonyl (C=O) groups is 1. The van der Waals surface area contributed by atoms with Gasteiger partial charge in [-0.25, -0.2) is 13.2 Å². The van der Waals surface area contributed by atoms with Gasteiger partial charge in [0.05, 0.1) is 16.4 Å². The first-order valence-corrected chi connectivity index (χ1v) is 7.76. The quantitative estimate of drug-likeness (QED) is 0.618. The molecule has 0 aliphatic carbocycles. The summed E-state index contributed by atoms with van der Waals surface area (Å²) in [6.07, 6.45) is 1.32. The maximum absolute atomic E-state index is 13.8. The molecular formula is C18H11ClF3N3O. The van der Waals surface area contributed by atoms with Gasteiger partial charge in [-0.1, -0.05) is 23.7 Å². The zero-order valence-corrected chi connectivity index (χ0v) is 13.8. The summed E-state index contributed by atoms with van der Waals surface area (Å²) in [6, 6.07) is 11.3. The Labute approximate surface area is 151 Å². The number of rotatable bonds is 4. The average molecular weight is 378 g/mol. The molecule has 0 saturated heterocycles. The van der Waals surface area contributed by atoms with Gasteiger partial charge in [0.2, 0.25) is 0 Å². The maximum atomic E-state index is 13.8. The van der Waals surface area contributed by atoms with E-state index < -0.39 is 23.4 Å². The van der Waals surface area contributed by atoms with Crippen molar-refractivity contribution in [2.45, 2.75) is 0 Å². The van der Waals surface area contributed by atoms with Crippen LogP contribution in [0.1, 0.15) is 10.5 Å². The molecule has 0 aliphatic rings. The van der Waals surface area contributed by atoms with Crippen molar-refractivity contribution in [3.63, 3.8) is 0 Å². The van der Waals surface area contributed by atoms with E-state index in [1.165, 1.54) is 18.3 Å². The summed E-state index contributed by atoms with van der Waals surface area (Å²) in [5.41, 5.74) is 0.436. The number of nitrogens with one attached hydrogen (secondary N) is 2. The predicted octanol–water partition coefficient (Wildman–Crippen LogP) is 5.15. The molecule has 0 atom stereocenters. The predicted molar refractivity (Wildman–Crippen MR) is 93.2 cm³/mol. The van der Waals surface area contributed by atoms with E-state index in [4.69, 9.17) is 11.6 Å². The smallest absolute Gasteiger partial charge is 0.274 e. The van der Waals surface area contributed by atoms with E-state index in [2.05, 4.69) is 15.6 Å². The second-order valence-electron chi connectivity index (χ2n) is 5.21. The number of carbonyl (C=O) groups excluding carboxylic acids is 1. The second-order valence-corrected chi connectivity index (χ2v) is 5.62. The van der Waals surface area contributed by atoms with E-state index >= 15 is 0 Å². The summed E-state index contributed by atoms with van der Waals surface area (Å²) in [7, 11) is 0. The molecule has 0 spiro atoms. The van der Waals surface area contributed by atoms with Crippen LogP contribution in [0.4, 0.5) is 30.2 Å². The molecule has 4 nitrogen and oxygen atoms in total. The van der Waals surface area contributed by atoms with Gasteiger partial charge in [0, 0.05) is 11.9 Å². The maximum Gasteiger partial charge on any atom is 0.274 e. The third-order valence-corrected chi connectivity index (χ3v) is 3.76. The molecule has 0 radical (unpaired) electrons. The molecule has 2 N–H and O–H groups in total. The lowest BCUT2D eigenvalue weighted by atomic mass is 10.2. The molecule has 0 fully saturated rings. The Hall–Kier alpha value is -3.06. The summed E-state index contributed by atoms with van der Waals surface area (Å²) in [6.45, 7) is 0. The molecule has 1 heterocycles. The van der Waals surface area contributed by atoms with Crippen LogP contribution in [0.5, 0.6) is 0 Å². The van der Waals surface area contributed by atoms with E-state index in [-0.39, 0.29) is 17.1 Å². The SMILES string of the molecule is O=C(Nc1ccccc1Cl)c1cc(Nc2ccc(F)c(F)c2F)ccn1. The Balaban J connectivity index is 1.81. The van der Waals surface area contributed by atoms with Crippen molar-refractivity contribution in [1.82, 2.24) is 4.98 Å². The van der Waals surface area contributed by atoms with E-state index in [0.717, 1.165) is 12.1 Å². The summed E-state index contributed by atoms with van der Waals surface area (Å²) >= 11 is 5.98. The van der Waals surface area contributed by atoms with Gasteiger partial charge in [0.25, 0.3) is 5.91 Å². The molecule has 0 unspecified atom stereocenters. The van der Waals surface area contributed by atoms with Gasteiger partial charge in [0.1, 0.15) is 5.69 Å². The molecule has 1 aromatic heterocycles. The average Bonchev–Trinajstić information content (AvgIpc) is 2.64. The van der Waals surface area contributed by atoms with Gasteiger partial charge < -0.3 is 10.6 Å². The Bertz CT molecular complexity index is 982. The van der Waals surface area contributed by atoms with Crippen molar-refractivity contribution >= 4 is 34.6 Å². The number of nitrogens with zero attached hydrogens (tertiary/aromatic N) is 1. The first kappa shape index (κ1) is 17.8. The lowest BCUT2D eigenvalue weighted by molar-refractivity contribution is 0.102. The van der Waals surface area contributed by atoms with Gasteiger partial charge in [-0.15, -0.1) is 0 Å². The Kier molecular flexibility index (Phi) is 5.09. The lowest BCUT2D eigenvalue weighted by Gasteiger charge is -2.10. The van der Waals surface area contributed by atoms with E-state index in [9.17, 15) is 18.0 Å². The Morgan fingerprint density at radius 1 is 0.962 bits per heavy atom. The van der Waals surface area contributed by atoms with Gasteiger partial charge in [-0.05, 0) is 36.4 Å². The summed E-state index contributed by atoms with van der Waals surface area (Å²) in [4.78, 5) is 16.2. The summed E-state index contributed by atoms with van der Waals surface area (Å²) in [5, 5.41) is 5.54. The summed E-state index contributed by atoms with van der Waals surface area (Å²) < 4.78 is 40.0. The van der Waals surface area contributed by atoms with Gasteiger partial charge in [0.15, 0.2) is 17.5 Å². The molecule has 3 rings (SSSR count). The molecule has 3 aromatic rings. The van der Waals surface area contributed by atoms with E-state index in [1.54, 1.807) is 24.3 Å². The molecule has 1 amide bonds. The molecular weight excluding hydrogens is 367 g/mol. The van der Waals surface area contributed by atoms with Crippen LogP contribution in [0.15, 0.2) is 54.7 Å². The third-order valence-electron chi connectivity index (χ3n) is 3.43. The third kappa shape index (κ3) is 3.78. The highest BCUT2D eigenvalue weighted by Crippen LogP contribution is 2.24. The molecule has 132 valence electrons. The zero-order chi connectivity index (χ0) is 18.7. The van der Waals surface area contributed by atoms with Crippen LogP contribution in [0.3, 0.4) is 0 Å². The first-order chi connectivity index (χ1) is 12.5. The fourth-order valence-corrected chi connectivity index (χ4v) is 2.34. The van der Waals surface area contributed by atoms with Crippen molar-refractivity contribution < 1.29 is 18.0 Å². The number of anilines is 3. The minimum atomic E-state index is -1.58. The number of hydrogen-bond acceptors (Lipinski definition) is 3. The van der Waals surface area contributed by atoms with Gasteiger partial charge >= 0.3 is 0 Å². The zero-order valence-electron chi connectivity index (χ0n) is 13.1. The van der Waals surface area contributed by atoms with Crippen molar-refractivity contribution in [2.24, 2.45) is 0 Å². The number of halogens is 4. The van der Waals surface area contributed by atoms with Crippen molar-refractivity contribution in [3.8, 4) is 0 Å². The van der Waals surface area contributed by atoms with E-state index in [0.29, 0.717) is 10.7 Å². The lowest BCUT2D eigenvalue weighted by Crippen LogP contribution is -2.14. The molecule has 8 heteroatoms. The van der Waals surface area contributed by atoms with E-state index in [1.807, 2.05) is 0 Å². The standard InChI is InChI=1S/C18H11ClF3N3O/c19-11-3-1-2-4-13(11)25-18(26)15-9-10(7-8-23-15)24-14-6-5-12(20)16(21)17(14)22/h1-9H,(H,23,24)(H,25,26). The first-order valence-electron chi connectivity index (χ1n) is 7.38. The van der Waals surface area contributed by atoms with Crippen molar-refractivity contribution in [3.05, 3.63) is 82.9 Å². The van der Waals surface area contributed by atoms with Crippen LogP contribution in [-0.2, 0) is 0 Å². The molecule has 0 saturated carbocycles. The minimum absolute atomic E-state index is 0.0258. The minimum Gasteiger partial charge on any atom is -0.353 e. The Morgan fingerprint density at radius 2 is 1.73 bits per heavy atom. The van der Waals surface area contributed by atoms with Crippen LogP contribution in [0, 0.1) is 17.5 Å². The number of para-hydroxylation sites is 1. The fraction of sp³-hybridized carbons (Fsp3) is 0. The fourth-order valence-electron chi connectivity index (χ4n) is 2.16. The van der Waals surface area contributed by atoms with Crippen LogP contribution in [0.25, 0.3) is 0 Å².